The number of esters is 1. The van der Waals surface area contributed by atoms with E-state index < -0.39 is 36.3 Å². The number of ether oxygens (including phenoxy) is 1. The molecule has 3 rings (SSSR count). The monoisotopic (exact) mass is 414 g/mol. The lowest BCUT2D eigenvalue weighted by atomic mass is 9.68. The largest absolute Gasteiger partial charge is 0.440 e. The van der Waals surface area contributed by atoms with Gasteiger partial charge in [-0.2, -0.15) is 26.3 Å². The van der Waals surface area contributed by atoms with Gasteiger partial charge >= 0.3 is 23.9 Å². The molecule has 3 fully saturated rings. The summed E-state index contributed by atoms with van der Waals surface area (Å²) in [5.41, 5.74) is -4.42. The normalized spacial score (nSPS) is 38.0. The number of hydrogen-bond acceptors (Lipinski definition) is 2. The number of carbonyl (C=O) groups excluding carboxylic acids is 1. The van der Waals surface area contributed by atoms with Crippen LogP contribution in [0.1, 0.15) is 59.3 Å². The van der Waals surface area contributed by atoms with Crippen molar-refractivity contribution in [1.82, 2.24) is 0 Å². The van der Waals surface area contributed by atoms with E-state index in [4.69, 9.17) is 0 Å². The molecule has 0 heterocycles. The Labute approximate surface area is 161 Å². The Morgan fingerprint density at radius 2 is 1.57 bits per heavy atom. The van der Waals surface area contributed by atoms with E-state index in [0.29, 0.717) is 37.5 Å². The van der Waals surface area contributed by atoms with E-state index in [1.807, 2.05) is 0 Å². The maximum atomic E-state index is 13.7. The van der Waals surface area contributed by atoms with Crippen LogP contribution in [0, 0.1) is 41.4 Å². The SMILES string of the molecule is CCCC1CC(C)C2C3CC(CC(OC(C)=O)(C(F)(F)F)C(F)(F)F)C(C3)C12. The fourth-order valence-corrected chi connectivity index (χ4v) is 6.97. The van der Waals surface area contributed by atoms with E-state index in [1.54, 1.807) is 0 Å². The van der Waals surface area contributed by atoms with Crippen LogP contribution in [-0.2, 0) is 9.53 Å². The van der Waals surface area contributed by atoms with Gasteiger partial charge in [-0.25, -0.2) is 0 Å². The molecule has 0 aromatic heterocycles. The summed E-state index contributed by atoms with van der Waals surface area (Å²) < 4.78 is 86.0. The van der Waals surface area contributed by atoms with Crippen LogP contribution in [-0.4, -0.2) is 23.9 Å². The molecule has 3 saturated carbocycles. The van der Waals surface area contributed by atoms with Gasteiger partial charge in [0.25, 0.3) is 0 Å². The highest BCUT2D eigenvalue weighted by atomic mass is 19.4. The average Bonchev–Trinajstić information content (AvgIpc) is 3.16. The second-order valence-corrected chi connectivity index (χ2v) is 9.19. The van der Waals surface area contributed by atoms with Crippen LogP contribution >= 0.6 is 0 Å². The first kappa shape index (κ1) is 21.8. The van der Waals surface area contributed by atoms with Gasteiger partial charge in [-0.05, 0) is 60.7 Å². The summed E-state index contributed by atoms with van der Waals surface area (Å²) in [4.78, 5) is 11.2. The van der Waals surface area contributed by atoms with Crippen molar-refractivity contribution in [3.8, 4) is 0 Å². The molecule has 3 aliphatic rings. The molecule has 2 bridgehead atoms. The lowest BCUT2D eigenvalue weighted by molar-refractivity contribution is -0.374. The molecule has 2 nitrogen and oxygen atoms in total. The van der Waals surface area contributed by atoms with Crippen LogP contribution in [0.4, 0.5) is 26.3 Å². The molecular weight excluding hydrogens is 386 g/mol. The maximum absolute atomic E-state index is 13.7. The third-order valence-corrected chi connectivity index (χ3v) is 7.59. The lowest BCUT2D eigenvalue weighted by Gasteiger charge is -2.42. The summed E-state index contributed by atoms with van der Waals surface area (Å²) in [6, 6.07) is 0. The smallest absolute Gasteiger partial charge is 0.437 e. The van der Waals surface area contributed by atoms with Crippen LogP contribution in [0.25, 0.3) is 0 Å². The second-order valence-electron chi connectivity index (χ2n) is 9.19. The van der Waals surface area contributed by atoms with Gasteiger partial charge in [-0.3, -0.25) is 4.79 Å². The fraction of sp³-hybridized carbons (Fsp3) is 0.950. The third-order valence-electron chi connectivity index (χ3n) is 7.59. The van der Waals surface area contributed by atoms with Crippen LogP contribution in [0.15, 0.2) is 0 Å². The molecule has 7 atom stereocenters. The Morgan fingerprint density at radius 1 is 0.964 bits per heavy atom. The molecule has 0 aliphatic heterocycles. The summed E-state index contributed by atoms with van der Waals surface area (Å²) in [7, 11) is 0. The van der Waals surface area contributed by atoms with Gasteiger partial charge in [-0.15, -0.1) is 0 Å². The van der Waals surface area contributed by atoms with E-state index in [-0.39, 0.29) is 17.8 Å². The Bertz CT molecular complexity index is 584. The van der Waals surface area contributed by atoms with Crippen molar-refractivity contribution >= 4 is 5.97 Å². The molecule has 0 radical (unpaired) electrons. The van der Waals surface area contributed by atoms with Crippen molar-refractivity contribution in [1.29, 1.82) is 0 Å². The van der Waals surface area contributed by atoms with Crippen molar-refractivity contribution < 1.29 is 35.9 Å². The Kier molecular flexibility index (Phi) is 5.50. The molecule has 0 aromatic rings. The summed E-state index contributed by atoms with van der Waals surface area (Å²) >= 11 is 0. The van der Waals surface area contributed by atoms with Gasteiger partial charge < -0.3 is 4.74 Å². The van der Waals surface area contributed by atoms with Crippen LogP contribution < -0.4 is 0 Å². The number of hydrogen-bond donors (Lipinski definition) is 0. The minimum absolute atomic E-state index is 0.142. The molecular formula is C20H28F6O2. The number of carbonyl (C=O) groups is 1. The number of fused-ring (bicyclic) bond motifs is 5. The van der Waals surface area contributed by atoms with Crippen molar-refractivity contribution in [2.45, 2.75) is 77.2 Å². The molecule has 28 heavy (non-hydrogen) atoms. The Hall–Kier alpha value is -0.950. The van der Waals surface area contributed by atoms with Gasteiger partial charge in [0.2, 0.25) is 0 Å². The van der Waals surface area contributed by atoms with Gasteiger partial charge in [0, 0.05) is 13.3 Å². The van der Waals surface area contributed by atoms with Gasteiger partial charge in [-0.1, -0.05) is 26.7 Å². The van der Waals surface area contributed by atoms with E-state index >= 15 is 0 Å². The zero-order valence-corrected chi connectivity index (χ0v) is 16.4. The first-order valence-electron chi connectivity index (χ1n) is 10.2. The summed E-state index contributed by atoms with van der Waals surface area (Å²) in [5.74, 6) is -0.770. The minimum atomic E-state index is -5.70. The van der Waals surface area contributed by atoms with Crippen molar-refractivity contribution in [2.24, 2.45) is 41.4 Å². The summed E-state index contributed by atoms with van der Waals surface area (Å²) in [6.07, 6.45) is -8.61. The quantitative estimate of drug-likeness (QED) is 0.399. The molecule has 3 aliphatic carbocycles. The minimum Gasteiger partial charge on any atom is -0.440 e. The highest BCUT2D eigenvalue weighted by molar-refractivity contribution is 5.66. The van der Waals surface area contributed by atoms with Crippen LogP contribution in [0.3, 0.4) is 0 Å². The van der Waals surface area contributed by atoms with Gasteiger partial charge in [0.1, 0.15) is 0 Å². The molecule has 7 unspecified atom stereocenters. The molecule has 8 heteroatoms. The second kappa shape index (κ2) is 7.08. The highest BCUT2D eigenvalue weighted by Crippen LogP contribution is 2.67. The van der Waals surface area contributed by atoms with E-state index in [0.717, 1.165) is 19.3 Å². The first-order chi connectivity index (χ1) is 12.8. The van der Waals surface area contributed by atoms with Crippen molar-refractivity contribution in [3.63, 3.8) is 0 Å². The van der Waals surface area contributed by atoms with Crippen molar-refractivity contribution in [3.05, 3.63) is 0 Å². The first-order valence-corrected chi connectivity index (χ1v) is 10.2. The standard InChI is InChI=1S/C20H28F6O2/c1-4-5-12-6-10(2)16-13-7-14(15(8-13)17(12)16)9-18(19(21,22)23,20(24,25)26)28-11(3)27/h10,12-17H,4-9H2,1-3H3. The predicted octanol–water partition coefficient (Wildman–Crippen LogP) is 6.15. The average molecular weight is 414 g/mol. The number of halogens is 6. The molecule has 0 saturated heterocycles. The number of rotatable bonds is 5. The number of alkyl halides is 6. The van der Waals surface area contributed by atoms with Crippen molar-refractivity contribution in [2.75, 3.05) is 0 Å². The van der Waals surface area contributed by atoms with Crippen LogP contribution in [0.5, 0.6) is 0 Å². The predicted molar refractivity (Wildman–Crippen MR) is 90.1 cm³/mol. The zero-order chi connectivity index (χ0) is 21.1. The van der Waals surface area contributed by atoms with Gasteiger partial charge in [0.15, 0.2) is 0 Å². The highest BCUT2D eigenvalue weighted by Gasteiger charge is 2.75. The Morgan fingerprint density at radius 3 is 2.07 bits per heavy atom. The Balaban J connectivity index is 1.90. The van der Waals surface area contributed by atoms with E-state index in [9.17, 15) is 31.1 Å². The molecule has 0 amide bonds. The molecule has 162 valence electrons. The maximum Gasteiger partial charge on any atom is 0.437 e. The van der Waals surface area contributed by atoms with E-state index in [1.165, 1.54) is 0 Å². The summed E-state index contributed by atoms with van der Waals surface area (Å²) in [5, 5.41) is 0. The molecule has 0 spiro atoms. The fourth-order valence-electron chi connectivity index (χ4n) is 6.97. The van der Waals surface area contributed by atoms with E-state index in [2.05, 4.69) is 18.6 Å². The van der Waals surface area contributed by atoms with Crippen LogP contribution in [0.2, 0.25) is 0 Å². The molecule has 0 N–H and O–H groups in total. The zero-order valence-electron chi connectivity index (χ0n) is 16.4. The van der Waals surface area contributed by atoms with Gasteiger partial charge in [0.05, 0.1) is 0 Å². The third kappa shape index (κ3) is 3.32. The molecule has 0 aromatic carbocycles. The summed E-state index contributed by atoms with van der Waals surface area (Å²) in [6.45, 7) is 4.82. The topological polar surface area (TPSA) is 26.3 Å². The lowest BCUT2D eigenvalue weighted by Crippen LogP contribution is -2.60.